The molecule has 0 saturated carbocycles. The van der Waals surface area contributed by atoms with Crippen LogP contribution in [-0.2, 0) is 14.8 Å². The van der Waals surface area contributed by atoms with E-state index in [-0.39, 0.29) is 11.7 Å². The van der Waals surface area contributed by atoms with Crippen molar-refractivity contribution in [3.8, 4) is 0 Å². The minimum atomic E-state index is -3.31. The number of nitrogens with one attached hydrogen (secondary N) is 2. The van der Waals surface area contributed by atoms with Crippen molar-refractivity contribution in [2.75, 3.05) is 27.8 Å². The molecule has 0 spiro atoms. The van der Waals surface area contributed by atoms with E-state index in [1.807, 2.05) is 6.26 Å². The molecular weight excluding hydrogens is 322 g/mol. The average Bonchev–Trinajstić information content (AvgIpc) is 2.47. The van der Waals surface area contributed by atoms with Gasteiger partial charge in [-0.25, -0.2) is 8.42 Å². The summed E-state index contributed by atoms with van der Waals surface area (Å²) in [6, 6.07) is 4.45. The molecule has 0 bridgehead atoms. The van der Waals surface area contributed by atoms with E-state index in [1.54, 1.807) is 43.8 Å². The van der Waals surface area contributed by atoms with E-state index < -0.39 is 16.1 Å². The normalized spacial score (nSPS) is 12.7. The Bertz CT molecular complexity index is 618. The molecule has 0 aromatic heterocycles. The number of carbonyl (C=O) groups is 1. The van der Waals surface area contributed by atoms with Crippen LogP contribution in [0, 0.1) is 6.92 Å². The molecule has 0 aliphatic heterocycles. The predicted octanol–water partition coefficient (Wildman–Crippen LogP) is 1.78. The zero-order chi connectivity index (χ0) is 16.8. The first kappa shape index (κ1) is 18.8. The van der Waals surface area contributed by atoms with Crippen LogP contribution in [0.25, 0.3) is 0 Å². The highest BCUT2D eigenvalue weighted by atomic mass is 32.2. The van der Waals surface area contributed by atoms with Crippen LogP contribution >= 0.6 is 11.8 Å². The third-order valence-corrected chi connectivity index (χ3v) is 5.04. The monoisotopic (exact) mass is 345 g/mol. The van der Waals surface area contributed by atoms with Crippen LogP contribution in [0.3, 0.4) is 0 Å². The number of anilines is 2. The van der Waals surface area contributed by atoms with E-state index in [2.05, 4.69) is 10.0 Å². The fourth-order valence-corrected chi connectivity index (χ4v) is 2.90. The Kier molecular flexibility index (Phi) is 7.18. The molecule has 1 aromatic rings. The number of nitrogens with two attached hydrogens (primary N) is 1. The molecule has 124 valence electrons. The molecule has 1 rings (SSSR count). The lowest BCUT2D eigenvalue weighted by molar-refractivity contribution is -0.117. The molecule has 0 radical (unpaired) electrons. The van der Waals surface area contributed by atoms with Crippen LogP contribution < -0.4 is 15.8 Å². The lowest BCUT2D eigenvalue weighted by atomic mass is 10.1. The summed E-state index contributed by atoms with van der Waals surface area (Å²) in [5.74, 6) is 0.593. The van der Waals surface area contributed by atoms with E-state index in [0.29, 0.717) is 17.8 Å². The number of benzene rings is 1. The van der Waals surface area contributed by atoms with Crippen LogP contribution in [0.15, 0.2) is 18.2 Å². The lowest BCUT2D eigenvalue weighted by Crippen LogP contribution is -2.36. The van der Waals surface area contributed by atoms with E-state index in [0.717, 1.165) is 11.3 Å². The van der Waals surface area contributed by atoms with Gasteiger partial charge in [-0.1, -0.05) is 0 Å². The molecule has 1 atom stereocenters. The van der Waals surface area contributed by atoms with Crippen molar-refractivity contribution in [3.63, 3.8) is 0 Å². The van der Waals surface area contributed by atoms with Gasteiger partial charge in [-0.2, -0.15) is 11.8 Å². The van der Waals surface area contributed by atoms with Crippen LogP contribution in [0.5, 0.6) is 0 Å². The summed E-state index contributed by atoms with van der Waals surface area (Å²) in [6.07, 6.45) is 2.57. The second-order valence-electron chi connectivity index (χ2n) is 4.91. The van der Waals surface area contributed by atoms with Gasteiger partial charge in [0.1, 0.15) is 0 Å². The fourth-order valence-electron chi connectivity index (χ4n) is 1.71. The van der Waals surface area contributed by atoms with Crippen LogP contribution in [0.1, 0.15) is 18.9 Å². The minimum Gasteiger partial charge on any atom is -0.325 e. The van der Waals surface area contributed by atoms with E-state index in [1.165, 1.54) is 0 Å². The molecule has 4 N–H and O–H groups in total. The number of aryl methyl sites for hydroxylation is 1. The van der Waals surface area contributed by atoms with Crippen molar-refractivity contribution < 1.29 is 13.2 Å². The molecule has 0 aliphatic rings. The molecule has 0 fully saturated rings. The maximum Gasteiger partial charge on any atom is 0.241 e. The minimum absolute atomic E-state index is 0.00915. The first-order valence-electron chi connectivity index (χ1n) is 6.95. The highest BCUT2D eigenvalue weighted by Crippen LogP contribution is 2.21. The summed E-state index contributed by atoms with van der Waals surface area (Å²) in [6.45, 7) is 3.35. The Morgan fingerprint density at radius 3 is 2.64 bits per heavy atom. The van der Waals surface area contributed by atoms with Crippen molar-refractivity contribution in [1.29, 1.82) is 0 Å². The standard InChI is InChI=1S/C14H23N3O3S2/c1-4-22(19,20)17-13-6-5-11(9-10(13)2)16-14(18)12(15)7-8-21-3/h5-6,9,12,17H,4,7-8,15H2,1-3H3,(H,16,18)/t12-/m0/s1. The van der Waals surface area contributed by atoms with Gasteiger partial charge in [0.2, 0.25) is 15.9 Å². The Morgan fingerprint density at radius 2 is 2.09 bits per heavy atom. The maximum absolute atomic E-state index is 11.9. The molecule has 8 heteroatoms. The topological polar surface area (TPSA) is 101 Å². The number of thioether (sulfide) groups is 1. The lowest BCUT2D eigenvalue weighted by Gasteiger charge is -2.14. The summed E-state index contributed by atoms with van der Waals surface area (Å²) in [5, 5.41) is 2.75. The highest BCUT2D eigenvalue weighted by Gasteiger charge is 2.14. The quantitative estimate of drug-likeness (QED) is 0.666. The Balaban J connectivity index is 2.75. The van der Waals surface area contributed by atoms with E-state index >= 15 is 0 Å². The third-order valence-electron chi connectivity index (χ3n) is 3.11. The average molecular weight is 345 g/mol. The van der Waals surface area contributed by atoms with Crippen molar-refractivity contribution in [3.05, 3.63) is 23.8 Å². The largest absolute Gasteiger partial charge is 0.325 e. The number of carbonyl (C=O) groups excluding carboxylic acids is 1. The first-order chi connectivity index (χ1) is 10.3. The molecule has 1 amide bonds. The Labute approximate surface area is 136 Å². The van der Waals surface area contributed by atoms with E-state index in [4.69, 9.17) is 5.73 Å². The summed E-state index contributed by atoms with van der Waals surface area (Å²) >= 11 is 1.64. The Hall–Kier alpha value is -1.25. The van der Waals surface area contributed by atoms with Crippen molar-refractivity contribution in [2.45, 2.75) is 26.3 Å². The van der Waals surface area contributed by atoms with Gasteiger partial charge in [0.25, 0.3) is 0 Å². The smallest absolute Gasteiger partial charge is 0.241 e. The van der Waals surface area contributed by atoms with Crippen LogP contribution in [-0.4, -0.2) is 38.1 Å². The van der Waals surface area contributed by atoms with Gasteiger partial charge in [-0.15, -0.1) is 0 Å². The van der Waals surface area contributed by atoms with Crippen molar-refractivity contribution in [2.24, 2.45) is 5.73 Å². The van der Waals surface area contributed by atoms with Gasteiger partial charge < -0.3 is 11.1 Å². The van der Waals surface area contributed by atoms with Crippen LogP contribution in [0.2, 0.25) is 0 Å². The molecule has 6 nitrogen and oxygen atoms in total. The van der Waals surface area contributed by atoms with E-state index in [9.17, 15) is 13.2 Å². The summed E-state index contributed by atoms with van der Waals surface area (Å²) in [4.78, 5) is 11.9. The zero-order valence-corrected chi connectivity index (χ0v) is 14.7. The fraction of sp³-hybridized carbons (Fsp3) is 0.500. The molecule has 0 heterocycles. The molecule has 0 unspecified atom stereocenters. The number of hydrogen-bond donors (Lipinski definition) is 3. The Morgan fingerprint density at radius 1 is 1.41 bits per heavy atom. The number of hydrogen-bond acceptors (Lipinski definition) is 5. The van der Waals surface area contributed by atoms with Gasteiger partial charge in [0.15, 0.2) is 0 Å². The van der Waals surface area contributed by atoms with Gasteiger partial charge >= 0.3 is 0 Å². The molecule has 0 aliphatic carbocycles. The first-order valence-corrected chi connectivity index (χ1v) is 10.00. The number of sulfonamides is 1. The molecule has 1 aromatic carbocycles. The SMILES string of the molecule is CCS(=O)(=O)Nc1ccc(NC(=O)[C@@H](N)CCSC)cc1C. The summed E-state index contributed by atoms with van der Waals surface area (Å²) in [7, 11) is -3.31. The maximum atomic E-state index is 11.9. The molecular formula is C14H23N3O3S2. The van der Waals surface area contributed by atoms with Gasteiger partial charge in [-0.05, 0) is 56.0 Å². The molecule has 0 saturated heterocycles. The highest BCUT2D eigenvalue weighted by molar-refractivity contribution is 7.98. The molecule has 22 heavy (non-hydrogen) atoms. The zero-order valence-electron chi connectivity index (χ0n) is 13.0. The number of amides is 1. The predicted molar refractivity (Wildman–Crippen MR) is 93.9 cm³/mol. The third kappa shape index (κ3) is 5.86. The number of rotatable bonds is 8. The van der Waals surface area contributed by atoms with Gasteiger partial charge in [0.05, 0.1) is 17.5 Å². The second kappa shape index (κ2) is 8.40. The van der Waals surface area contributed by atoms with Crippen molar-refractivity contribution in [1.82, 2.24) is 0 Å². The van der Waals surface area contributed by atoms with Crippen LogP contribution in [0.4, 0.5) is 11.4 Å². The van der Waals surface area contributed by atoms with Gasteiger partial charge in [0, 0.05) is 5.69 Å². The van der Waals surface area contributed by atoms with Gasteiger partial charge in [-0.3, -0.25) is 9.52 Å². The summed E-state index contributed by atoms with van der Waals surface area (Å²) < 4.78 is 25.6. The summed E-state index contributed by atoms with van der Waals surface area (Å²) in [5.41, 5.74) is 7.64. The second-order valence-corrected chi connectivity index (χ2v) is 7.91. The van der Waals surface area contributed by atoms with Crippen molar-refractivity contribution >= 4 is 39.1 Å².